The third-order valence-electron chi connectivity index (χ3n) is 3.27. The number of aliphatic carboxylic acids is 1. The van der Waals surface area contributed by atoms with E-state index in [-0.39, 0.29) is 6.42 Å². The predicted octanol–water partition coefficient (Wildman–Crippen LogP) is 2.02. The van der Waals surface area contributed by atoms with Crippen molar-refractivity contribution in [2.45, 2.75) is 25.8 Å². The highest BCUT2D eigenvalue weighted by Crippen LogP contribution is 2.17. The average molecular weight is 305 g/mol. The zero-order valence-corrected chi connectivity index (χ0v) is 12.2. The van der Waals surface area contributed by atoms with Crippen molar-refractivity contribution in [2.24, 2.45) is 0 Å². The van der Waals surface area contributed by atoms with Crippen LogP contribution in [-0.4, -0.2) is 26.8 Å². The minimum Gasteiger partial charge on any atom is -0.479 e. The molecule has 2 rings (SSSR count). The summed E-state index contributed by atoms with van der Waals surface area (Å²) in [5.41, 5.74) is -0.581. The fourth-order valence-electron chi connectivity index (χ4n) is 1.81. The van der Waals surface area contributed by atoms with Crippen LogP contribution in [0.2, 0.25) is 0 Å². The normalized spacial score (nSPS) is 11.2. The Morgan fingerprint density at radius 2 is 2.05 bits per heavy atom. The molecule has 0 bridgehead atoms. The molecule has 0 aliphatic rings. The molecule has 1 aromatic heterocycles. The van der Waals surface area contributed by atoms with Gasteiger partial charge in [-0.3, -0.25) is 9.48 Å². The van der Waals surface area contributed by atoms with Gasteiger partial charge in [-0.15, -0.1) is 0 Å². The first-order valence-corrected chi connectivity index (χ1v) is 6.62. The summed E-state index contributed by atoms with van der Waals surface area (Å²) in [5.74, 6) is -1.89. The van der Waals surface area contributed by atoms with Crippen molar-refractivity contribution in [1.82, 2.24) is 9.78 Å². The number of carbonyl (C=O) groups is 2. The van der Waals surface area contributed by atoms with Crippen molar-refractivity contribution in [3.63, 3.8) is 0 Å². The largest absolute Gasteiger partial charge is 0.479 e. The van der Waals surface area contributed by atoms with Crippen LogP contribution in [0.3, 0.4) is 0 Å². The second kappa shape index (κ2) is 5.97. The van der Waals surface area contributed by atoms with Gasteiger partial charge < -0.3 is 10.4 Å². The van der Waals surface area contributed by atoms with Crippen LogP contribution in [0.25, 0.3) is 0 Å². The second-order valence-electron chi connectivity index (χ2n) is 5.35. The lowest BCUT2D eigenvalue weighted by atomic mass is 10.1. The van der Waals surface area contributed by atoms with Gasteiger partial charge in [0, 0.05) is 6.20 Å². The Labute approximate surface area is 126 Å². The summed E-state index contributed by atoms with van der Waals surface area (Å²) < 4.78 is 14.7. The minimum absolute atomic E-state index is 0.111. The Balaban J connectivity index is 2.06. The first-order chi connectivity index (χ1) is 10.3. The molecule has 0 saturated carbocycles. The van der Waals surface area contributed by atoms with Crippen LogP contribution in [0.15, 0.2) is 36.7 Å². The van der Waals surface area contributed by atoms with Crippen LogP contribution in [-0.2, 0) is 21.5 Å². The van der Waals surface area contributed by atoms with Crippen LogP contribution < -0.4 is 5.32 Å². The van der Waals surface area contributed by atoms with Gasteiger partial charge in [0.05, 0.1) is 18.3 Å². The molecule has 1 amide bonds. The van der Waals surface area contributed by atoms with E-state index in [0.29, 0.717) is 11.3 Å². The molecule has 0 radical (unpaired) electrons. The van der Waals surface area contributed by atoms with E-state index in [4.69, 9.17) is 5.11 Å². The zero-order chi connectivity index (χ0) is 16.3. The Kier molecular flexibility index (Phi) is 4.25. The van der Waals surface area contributed by atoms with Gasteiger partial charge in [0.2, 0.25) is 5.91 Å². The lowest BCUT2D eigenvalue weighted by Crippen LogP contribution is -2.35. The fourth-order valence-corrected chi connectivity index (χ4v) is 1.81. The molecule has 0 unspecified atom stereocenters. The highest BCUT2D eigenvalue weighted by atomic mass is 19.1. The molecular weight excluding hydrogens is 289 g/mol. The number of nitrogens with zero attached hydrogens (tertiary/aromatic N) is 2. The van der Waals surface area contributed by atoms with Gasteiger partial charge in [0.1, 0.15) is 5.82 Å². The van der Waals surface area contributed by atoms with Crippen molar-refractivity contribution in [1.29, 1.82) is 0 Å². The maximum absolute atomic E-state index is 13.5. The molecular formula is C15H16FN3O3. The van der Waals surface area contributed by atoms with Gasteiger partial charge in [0.25, 0.3) is 0 Å². The fraction of sp³-hybridized carbons (Fsp3) is 0.267. The van der Waals surface area contributed by atoms with Crippen LogP contribution in [0.5, 0.6) is 0 Å². The van der Waals surface area contributed by atoms with E-state index >= 15 is 0 Å². The molecule has 0 aliphatic heterocycles. The molecule has 6 nitrogen and oxygen atoms in total. The Bertz CT molecular complexity index is 710. The summed E-state index contributed by atoms with van der Waals surface area (Å²) in [6.45, 7) is 2.99. The number of carboxylic acid groups (broad SMARTS) is 1. The minimum atomic E-state index is -1.23. The Morgan fingerprint density at radius 1 is 1.36 bits per heavy atom. The lowest BCUT2D eigenvalue weighted by Gasteiger charge is -2.19. The molecule has 2 aromatic rings. The SMILES string of the molecule is CC(C)(C(=O)O)n1cc(NC(=O)Cc2ccccc2F)cn1. The predicted molar refractivity (Wildman–Crippen MR) is 77.9 cm³/mol. The van der Waals surface area contributed by atoms with Crippen molar-refractivity contribution in [3.05, 3.63) is 48.0 Å². The third-order valence-corrected chi connectivity index (χ3v) is 3.27. The van der Waals surface area contributed by atoms with Gasteiger partial charge in [-0.1, -0.05) is 18.2 Å². The van der Waals surface area contributed by atoms with Crippen molar-refractivity contribution in [2.75, 3.05) is 5.32 Å². The number of carboxylic acids is 1. The van der Waals surface area contributed by atoms with Gasteiger partial charge in [0.15, 0.2) is 5.54 Å². The number of anilines is 1. The van der Waals surface area contributed by atoms with E-state index < -0.39 is 23.2 Å². The second-order valence-corrected chi connectivity index (χ2v) is 5.35. The summed E-state index contributed by atoms with van der Waals surface area (Å²) in [5, 5.41) is 15.6. The van der Waals surface area contributed by atoms with Crippen molar-refractivity contribution < 1.29 is 19.1 Å². The van der Waals surface area contributed by atoms with Crippen molar-refractivity contribution >= 4 is 17.6 Å². The third kappa shape index (κ3) is 3.30. The lowest BCUT2D eigenvalue weighted by molar-refractivity contribution is -0.146. The van der Waals surface area contributed by atoms with Gasteiger partial charge >= 0.3 is 5.97 Å². The van der Waals surface area contributed by atoms with Crippen LogP contribution >= 0.6 is 0 Å². The van der Waals surface area contributed by atoms with Crippen LogP contribution in [0.4, 0.5) is 10.1 Å². The number of hydrogen-bond donors (Lipinski definition) is 2. The van der Waals surface area contributed by atoms with E-state index in [1.165, 1.54) is 43.1 Å². The molecule has 0 spiro atoms. The Hall–Kier alpha value is -2.70. The average Bonchev–Trinajstić information content (AvgIpc) is 2.90. The number of amides is 1. The summed E-state index contributed by atoms with van der Waals surface area (Å²) in [6.07, 6.45) is 2.66. The molecule has 0 saturated heterocycles. The monoisotopic (exact) mass is 305 g/mol. The quantitative estimate of drug-likeness (QED) is 0.885. The number of benzene rings is 1. The number of hydrogen-bond acceptors (Lipinski definition) is 3. The molecule has 0 aliphatic carbocycles. The van der Waals surface area contributed by atoms with Crippen LogP contribution in [0, 0.1) is 5.82 Å². The van der Waals surface area contributed by atoms with Gasteiger partial charge in [-0.2, -0.15) is 5.10 Å². The molecule has 0 fully saturated rings. The summed E-state index contributed by atoms with van der Waals surface area (Å²) in [7, 11) is 0. The smallest absolute Gasteiger partial charge is 0.331 e. The molecule has 22 heavy (non-hydrogen) atoms. The molecule has 2 N–H and O–H groups in total. The summed E-state index contributed by atoms with van der Waals surface area (Å²) in [4.78, 5) is 23.0. The maximum Gasteiger partial charge on any atom is 0.331 e. The zero-order valence-electron chi connectivity index (χ0n) is 12.2. The van der Waals surface area contributed by atoms with E-state index in [0.717, 1.165) is 0 Å². The maximum atomic E-state index is 13.5. The number of aromatic nitrogens is 2. The number of nitrogens with one attached hydrogen (secondary N) is 1. The number of halogens is 1. The highest BCUT2D eigenvalue weighted by molar-refractivity contribution is 5.92. The van der Waals surface area contributed by atoms with Gasteiger partial charge in [-0.25, -0.2) is 9.18 Å². The van der Waals surface area contributed by atoms with E-state index in [1.54, 1.807) is 12.1 Å². The van der Waals surface area contributed by atoms with Gasteiger partial charge in [-0.05, 0) is 25.5 Å². The molecule has 1 heterocycles. The van der Waals surface area contributed by atoms with E-state index in [2.05, 4.69) is 10.4 Å². The summed E-state index contributed by atoms with van der Waals surface area (Å²) in [6, 6.07) is 6.02. The molecule has 0 atom stereocenters. The first kappa shape index (κ1) is 15.7. The Morgan fingerprint density at radius 3 is 2.68 bits per heavy atom. The van der Waals surface area contributed by atoms with E-state index in [9.17, 15) is 14.0 Å². The number of carbonyl (C=O) groups excluding carboxylic acids is 1. The van der Waals surface area contributed by atoms with Crippen LogP contribution in [0.1, 0.15) is 19.4 Å². The molecule has 116 valence electrons. The number of rotatable bonds is 5. The summed E-state index contributed by atoms with van der Waals surface area (Å²) >= 11 is 0. The molecule has 1 aromatic carbocycles. The highest BCUT2D eigenvalue weighted by Gasteiger charge is 2.30. The molecule has 7 heteroatoms. The van der Waals surface area contributed by atoms with E-state index in [1.807, 2.05) is 0 Å². The topological polar surface area (TPSA) is 84.2 Å². The van der Waals surface area contributed by atoms with Crippen molar-refractivity contribution in [3.8, 4) is 0 Å². The first-order valence-electron chi connectivity index (χ1n) is 6.62. The standard InChI is InChI=1S/C15H16FN3O3/c1-15(2,14(21)22)19-9-11(8-17-19)18-13(20)7-10-5-3-4-6-12(10)16/h3-6,8-9H,7H2,1-2H3,(H,18,20)(H,21,22).